The van der Waals surface area contributed by atoms with Gasteiger partial charge in [0.2, 0.25) is 0 Å². The maximum Gasteiger partial charge on any atom is 0.288 e. The molecule has 3 nitrogen and oxygen atoms in total. The molecular weight excluding hydrogens is 394 g/mol. The lowest BCUT2D eigenvalue weighted by atomic mass is 10.1. The molecule has 1 heterocycles. The Labute approximate surface area is 162 Å². The van der Waals surface area contributed by atoms with Crippen LogP contribution >= 0.6 is 34.9 Å². The molecule has 0 unspecified atom stereocenters. The third kappa shape index (κ3) is 4.44. The molecule has 0 radical (unpaired) electrons. The van der Waals surface area contributed by atoms with E-state index in [1.54, 1.807) is 18.2 Å². The number of halogens is 2. The Morgan fingerprint density at radius 2 is 1.81 bits per heavy atom. The van der Waals surface area contributed by atoms with E-state index in [9.17, 15) is 13.6 Å². The largest absolute Gasteiger partial charge is 0.312 e. The summed E-state index contributed by atoms with van der Waals surface area (Å²) >= 11 is 3.21. The number of alkyl halides is 2. The van der Waals surface area contributed by atoms with E-state index in [1.165, 1.54) is 29.2 Å². The lowest BCUT2D eigenvalue weighted by molar-refractivity contribution is 0.102. The minimum atomic E-state index is -2.59. The number of anilines is 1. The van der Waals surface area contributed by atoms with Crippen molar-refractivity contribution in [2.45, 2.75) is 15.0 Å². The highest BCUT2D eigenvalue weighted by atomic mass is 32.2. The van der Waals surface area contributed by atoms with E-state index in [4.69, 9.17) is 0 Å². The SMILES string of the molecule is CSc1nc(-c2ccccc2)c(NC(=O)c2ccccc2SC(F)F)s1. The quantitative estimate of drug-likeness (QED) is 0.501. The lowest BCUT2D eigenvalue weighted by Crippen LogP contribution is -2.13. The Bertz CT molecular complexity index is 900. The van der Waals surface area contributed by atoms with E-state index in [-0.39, 0.29) is 10.5 Å². The van der Waals surface area contributed by atoms with Crippen molar-refractivity contribution < 1.29 is 13.6 Å². The highest BCUT2D eigenvalue weighted by Crippen LogP contribution is 2.37. The molecule has 0 bridgehead atoms. The Balaban J connectivity index is 1.92. The summed E-state index contributed by atoms with van der Waals surface area (Å²) in [5.74, 6) is -3.02. The molecule has 8 heteroatoms. The Morgan fingerprint density at radius 3 is 2.50 bits per heavy atom. The number of hydrogen-bond acceptors (Lipinski definition) is 5. The van der Waals surface area contributed by atoms with Gasteiger partial charge in [-0.25, -0.2) is 4.98 Å². The second-order valence-corrected chi connectivity index (χ2v) is 8.14. The molecule has 0 fully saturated rings. The average molecular weight is 409 g/mol. The molecule has 0 atom stereocenters. The Morgan fingerprint density at radius 1 is 1.12 bits per heavy atom. The van der Waals surface area contributed by atoms with Crippen LogP contribution in [0.25, 0.3) is 11.3 Å². The number of nitrogens with one attached hydrogen (secondary N) is 1. The first-order valence-electron chi connectivity index (χ1n) is 7.54. The zero-order chi connectivity index (χ0) is 18.5. The summed E-state index contributed by atoms with van der Waals surface area (Å²) in [6.07, 6.45) is 1.91. The fourth-order valence-corrected chi connectivity index (χ4v) is 4.41. The van der Waals surface area contributed by atoms with Crippen molar-refractivity contribution in [1.82, 2.24) is 4.98 Å². The molecule has 3 rings (SSSR count). The van der Waals surface area contributed by atoms with Gasteiger partial charge in [-0.2, -0.15) is 8.78 Å². The first kappa shape index (κ1) is 18.9. The monoisotopic (exact) mass is 408 g/mol. The van der Waals surface area contributed by atoms with Crippen molar-refractivity contribution in [2.24, 2.45) is 0 Å². The van der Waals surface area contributed by atoms with Gasteiger partial charge in [-0.3, -0.25) is 4.79 Å². The molecular formula is C18H14F2N2OS3. The van der Waals surface area contributed by atoms with Gasteiger partial charge in [0.25, 0.3) is 11.7 Å². The molecule has 0 saturated carbocycles. The smallest absolute Gasteiger partial charge is 0.288 e. The second kappa shape index (κ2) is 8.66. The zero-order valence-corrected chi connectivity index (χ0v) is 16.1. The highest BCUT2D eigenvalue weighted by molar-refractivity contribution is 8.00. The molecule has 0 saturated heterocycles. The van der Waals surface area contributed by atoms with Crippen LogP contribution in [0.5, 0.6) is 0 Å². The van der Waals surface area contributed by atoms with Gasteiger partial charge >= 0.3 is 0 Å². The number of carbonyl (C=O) groups is 1. The van der Waals surface area contributed by atoms with Crippen molar-refractivity contribution in [3.05, 3.63) is 60.2 Å². The molecule has 134 valence electrons. The number of thiazole rings is 1. The van der Waals surface area contributed by atoms with Crippen LogP contribution in [0.2, 0.25) is 0 Å². The average Bonchev–Trinajstić information content (AvgIpc) is 3.05. The first-order chi connectivity index (χ1) is 12.6. The van der Waals surface area contributed by atoms with E-state index >= 15 is 0 Å². The molecule has 26 heavy (non-hydrogen) atoms. The van der Waals surface area contributed by atoms with Gasteiger partial charge in [0.1, 0.15) is 10.7 Å². The number of benzene rings is 2. The van der Waals surface area contributed by atoms with Crippen molar-refractivity contribution >= 4 is 45.8 Å². The zero-order valence-electron chi connectivity index (χ0n) is 13.6. The van der Waals surface area contributed by atoms with E-state index in [0.717, 1.165) is 9.90 Å². The topological polar surface area (TPSA) is 42.0 Å². The van der Waals surface area contributed by atoms with Crippen LogP contribution in [0, 0.1) is 0 Å². The second-order valence-electron chi connectivity index (χ2n) is 5.06. The molecule has 0 aliphatic heterocycles. The minimum Gasteiger partial charge on any atom is -0.312 e. The first-order valence-corrected chi connectivity index (χ1v) is 10.5. The van der Waals surface area contributed by atoms with Gasteiger partial charge in [0, 0.05) is 10.5 Å². The third-order valence-electron chi connectivity index (χ3n) is 3.40. The predicted molar refractivity (Wildman–Crippen MR) is 106 cm³/mol. The molecule has 3 aromatic rings. The summed E-state index contributed by atoms with van der Waals surface area (Å²) in [5, 5.41) is 3.44. The molecule has 1 amide bonds. The minimum absolute atomic E-state index is 0.218. The fraction of sp³-hybridized carbons (Fsp3) is 0.111. The maximum absolute atomic E-state index is 12.7. The molecule has 0 spiro atoms. The number of thioether (sulfide) groups is 2. The fourth-order valence-electron chi connectivity index (χ4n) is 2.29. The number of hydrogen-bond donors (Lipinski definition) is 1. The molecule has 0 aliphatic carbocycles. The third-order valence-corrected chi connectivity index (χ3v) is 6.15. The van der Waals surface area contributed by atoms with Gasteiger partial charge in [-0.05, 0) is 18.4 Å². The number of carbonyl (C=O) groups excluding carboxylic acids is 1. The number of aromatic nitrogens is 1. The summed E-state index contributed by atoms with van der Waals surface area (Å²) < 4.78 is 26.3. The standard InChI is InChI=1S/C18H14F2N2OS3/c1-24-18-21-14(11-7-3-2-4-8-11)16(26-18)22-15(23)12-9-5-6-10-13(12)25-17(19)20/h2-10,17H,1H3,(H,22,23). The highest BCUT2D eigenvalue weighted by Gasteiger charge is 2.19. The van der Waals surface area contributed by atoms with Crippen molar-refractivity contribution in [3.63, 3.8) is 0 Å². The Hall–Kier alpha value is -1.90. The number of rotatable bonds is 6. The van der Waals surface area contributed by atoms with Gasteiger partial charge in [-0.1, -0.05) is 77.3 Å². The lowest BCUT2D eigenvalue weighted by Gasteiger charge is -2.09. The van der Waals surface area contributed by atoms with Crippen molar-refractivity contribution in [2.75, 3.05) is 11.6 Å². The van der Waals surface area contributed by atoms with Gasteiger partial charge in [0.05, 0.1) is 5.56 Å². The maximum atomic E-state index is 12.7. The van der Waals surface area contributed by atoms with E-state index < -0.39 is 11.7 Å². The molecule has 0 aliphatic rings. The van der Waals surface area contributed by atoms with E-state index in [0.29, 0.717) is 22.5 Å². The normalized spacial score (nSPS) is 10.9. The molecule has 1 aromatic heterocycles. The number of amides is 1. The van der Waals surface area contributed by atoms with Crippen molar-refractivity contribution in [3.8, 4) is 11.3 Å². The summed E-state index contributed by atoms with van der Waals surface area (Å²) in [6.45, 7) is 0. The van der Waals surface area contributed by atoms with E-state index in [2.05, 4.69) is 10.3 Å². The van der Waals surface area contributed by atoms with Crippen LogP contribution in [-0.2, 0) is 0 Å². The van der Waals surface area contributed by atoms with Crippen LogP contribution < -0.4 is 5.32 Å². The van der Waals surface area contributed by atoms with Gasteiger partial charge in [-0.15, -0.1) is 0 Å². The van der Waals surface area contributed by atoms with E-state index in [1.807, 2.05) is 36.6 Å². The van der Waals surface area contributed by atoms with Crippen LogP contribution in [0.15, 0.2) is 63.8 Å². The Kier molecular flexibility index (Phi) is 6.29. The van der Waals surface area contributed by atoms with Crippen LogP contribution in [0.3, 0.4) is 0 Å². The van der Waals surface area contributed by atoms with Crippen LogP contribution in [0.1, 0.15) is 10.4 Å². The summed E-state index contributed by atoms with van der Waals surface area (Å²) in [5.41, 5.74) is 1.78. The molecule has 2 aromatic carbocycles. The summed E-state index contributed by atoms with van der Waals surface area (Å²) in [6, 6.07) is 15.9. The predicted octanol–water partition coefficient (Wildman–Crippen LogP) is 6.10. The van der Waals surface area contributed by atoms with Crippen molar-refractivity contribution in [1.29, 1.82) is 0 Å². The van der Waals surface area contributed by atoms with Crippen LogP contribution in [-0.4, -0.2) is 22.9 Å². The summed E-state index contributed by atoms with van der Waals surface area (Å²) in [7, 11) is 0. The van der Waals surface area contributed by atoms with Gasteiger partial charge in [0.15, 0.2) is 4.34 Å². The van der Waals surface area contributed by atoms with Gasteiger partial charge < -0.3 is 5.32 Å². The number of nitrogens with zero attached hydrogens (tertiary/aromatic N) is 1. The summed E-state index contributed by atoms with van der Waals surface area (Å²) in [4.78, 5) is 17.5. The molecule has 1 N–H and O–H groups in total. The van der Waals surface area contributed by atoms with Crippen LogP contribution in [0.4, 0.5) is 13.8 Å².